The van der Waals surface area contributed by atoms with E-state index in [9.17, 15) is 9.00 Å². The van der Waals surface area contributed by atoms with Gasteiger partial charge < -0.3 is 9.42 Å². The first-order chi connectivity index (χ1) is 11.5. The standard InChI is InChI=1S/C18H22N2O3S/c1-12-8-9-15-6-4-5-7-17(15)20(12)18(21)11-24(22)10-16-13(2)19-23-14(16)3/h4-7,12H,8-11H2,1-3H3. The maximum Gasteiger partial charge on any atom is 0.239 e. The van der Waals surface area contributed by atoms with E-state index in [1.807, 2.05) is 36.9 Å². The van der Waals surface area contributed by atoms with Crippen LogP contribution in [0.5, 0.6) is 0 Å². The molecule has 2 unspecified atom stereocenters. The second kappa shape index (κ2) is 6.89. The Morgan fingerprint density at radius 2 is 2.12 bits per heavy atom. The molecule has 1 aliphatic rings. The molecule has 1 amide bonds. The van der Waals surface area contributed by atoms with Crippen molar-refractivity contribution in [2.75, 3.05) is 10.7 Å². The highest BCUT2D eigenvalue weighted by atomic mass is 32.2. The first-order valence-corrected chi connectivity index (χ1v) is 9.63. The molecule has 24 heavy (non-hydrogen) atoms. The summed E-state index contributed by atoms with van der Waals surface area (Å²) >= 11 is 0. The molecule has 1 aromatic heterocycles. The average molecular weight is 346 g/mol. The zero-order valence-electron chi connectivity index (χ0n) is 14.2. The minimum Gasteiger partial charge on any atom is -0.361 e. The lowest BCUT2D eigenvalue weighted by Gasteiger charge is -2.35. The summed E-state index contributed by atoms with van der Waals surface area (Å²) in [6.45, 7) is 5.68. The Bertz CT molecular complexity index is 765. The Morgan fingerprint density at radius 3 is 2.83 bits per heavy atom. The fourth-order valence-electron chi connectivity index (χ4n) is 3.20. The number of aryl methyl sites for hydroxylation is 3. The quantitative estimate of drug-likeness (QED) is 0.854. The van der Waals surface area contributed by atoms with Crippen LogP contribution in [0.1, 0.15) is 35.9 Å². The van der Waals surface area contributed by atoms with E-state index in [1.54, 1.807) is 6.92 Å². The van der Waals surface area contributed by atoms with Crippen molar-refractivity contribution >= 4 is 22.4 Å². The SMILES string of the molecule is Cc1noc(C)c1CS(=O)CC(=O)N1c2ccccc2CCC1C. The number of fused-ring (bicyclic) bond motifs is 1. The molecule has 0 fully saturated rings. The molecule has 2 aromatic rings. The number of rotatable bonds is 4. The Morgan fingerprint density at radius 1 is 1.38 bits per heavy atom. The number of hydrogen-bond acceptors (Lipinski definition) is 4. The van der Waals surface area contributed by atoms with Crippen LogP contribution in [-0.4, -0.2) is 27.1 Å². The minimum absolute atomic E-state index is 0.0166. The van der Waals surface area contributed by atoms with Gasteiger partial charge >= 0.3 is 0 Å². The van der Waals surface area contributed by atoms with Crippen LogP contribution in [0.15, 0.2) is 28.8 Å². The van der Waals surface area contributed by atoms with Crippen LogP contribution in [0.25, 0.3) is 0 Å². The number of carbonyl (C=O) groups is 1. The highest BCUT2D eigenvalue weighted by Crippen LogP contribution is 2.30. The molecular weight excluding hydrogens is 324 g/mol. The predicted octanol–water partition coefficient (Wildman–Crippen LogP) is 2.91. The molecule has 0 bridgehead atoms. The van der Waals surface area contributed by atoms with Gasteiger partial charge in [-0.2, -0.15) is 0 Å². The van der Waals surface area contributed by atoms with Crippen LogP contribution < -0.4 is 4.90 Å². The number of amides is 1. The second-order valence-corrected chi connectivity index (χ2v) is 7.77. The summed E-state index contributed by atoms with van der Waals surface area (Å²) in [5.74, 6) is 0.907. The van der Waals surface area contributed by atoms with Crippen LogP contribution in [0, 0.1) is 13.8 Å². The third kappa shape index (κ3) is 3.29. The van der Waals surface area contributed by atoms with Gasteiger partial charge in [-0.3, -0.25) is 9.00 Å². The van der Waals surface area contributed by atoms with Gasteiger partial charge in [0.15, 0.2) is 0 Å². The molecule has 0 saturated carbocycles. The van der Waals surface area contributed by atoms with E-state index in [4.69, 9.17) is 4.52 Å². The summed E-state index contributed by atoms with van der Waals surface area (Å²) in [5.41, 5.74) is 3.72. The van der Waals surface area contributed by atoms with Gasteiger partial charge in [-0.1, -0.05) is 23.4 Å². The van der Waals surface area contributed by atoms with Gasteiger partial charge in [-0.05, 0) is 45.2 Å². The van der Waals surface area contributed by atoms with E-state index >= 15 is 0 Å². The van der Waals surface area contributed by atoms with E-state index in [2.05, 4.69) is 11.2 Å². The molecule has 1 aromatic carbocycles. The van der Waals surface area contributed by atoms with Crippen molar-refractivity contribution < 1.29 is 13.5 Å². The zero-order chi connectivity index (χ0) is 17.3. The highest BCUT2D eigenvalue weighted by molar-refractivity contribution is 7.85. The molecule has 2 heterocycles. The minimum atomic E-state index is -1.28. The lowest BCUT2D eigenvalue weighted by atomic mass is 9.97. The average Bonchev–Trinajstić information content (AvgIpc) is 2.86. The van der Waals surface area contributed by atoms with E-state index in [-0.39, 0.29) is 17.7 Å². The van der Waals surface area contributed by atoms with Gasteiger partial charge in [0.1, 0.15) is 11.5 Å². The van der Waals surface area contributed by atoms with Gasteiger partial charge in [-0.15, -0.1) is 0 Å². The number of aromatic nitrogens is 1. The summed E-state index contributed by atoms with van der Waals surface area (Å²) in [7, 11) is -1.28. The van der Waals surface area contributed by atoms with Crippen molar-refractivity contribution in [3.05, 3.63) is 46.8 Å². The second-order valence-electron chi connectivity index (χ2n) is 6.31. The molecule has 0 aliphatic carbocycles. The molecule has 5 nitrogen and oxygen atoms in total. The van der Waals surface area contributed by atoms with Crippen molar-refractivity contribution in [2.24, 2.45) is 0 Å². The van der Waals surface area contributed by atoms with Crippen LogP contribution in [0.2, 0.25) is 0 Å². The smallest absolute Gasteiger partial charge is 0.239 e. The topological polar surface area (TPSA) is 63.4 Å². The summed E-state index contributed by atoms with van der Waals surface area (Å²) in [6, 6.07) is 8.09. The monoisotopic (exact) mass is 346 g/mol. The van der Waals surface area contributed by atoms with Crippen LogP contribution in [0.3, 0.4) is 0 Å². The fraction of sp³-hybridized carbons (Fsp3) is 0.444. The van der Waals surface area contributed by atoms with Crippen LogP contribution in [0.4, 0.5) is 5.69 Å². The van der Waals surface area contributed by atoms with Gasteiger partial charge in [0.25, 0.3) is 0 Å². The van der Waals surface area contributed by atoms with Gasteiger partial charge in [-0.25, -0.2) is 0 Å². The maximum atomic E-state index is 12.8. The number of carbonyl (C=O) groups excluding carboxylic acids is 1. The van der Waals surface area contributed by atoms with Crippen LogP contribution >= 0.6 is 0 Å². The molecule has 1 aliphatic heterocycles. The first kappa shape index (κ1) is 16.9. The normalized spacial score (nSPS) is 18.3. The molecule has 6 heteroatoms. The number of nitrogens with zero attached hydrogens (tertiary/aromatic N) is 2. The largest absolute Gasteiger partial charge is 0.361 e. The Balaban J connectivity index is 1.74. The number of benzene rings is 1. The maximum absolute atomic E-state index is 12.8. The molecule has 2 atom stereocenters. The van der Waals surface area contributed by atoms with Gasteiger partial charge in [0.05, 0.1) is 11.4 Å². The summed E-state index contributed by atoms with van der Waals surface area (Å²) in [5, 5.41) is 3.88. The first-order valence-electron chi connectivity index (χ1n) is 8.14. The molecule has 0 saturated heterocycles. The number of para-hydroxylation sites is 1. The van der Waals surface area contributed by atoms with Crippen molar-refractivity contribution in [1.29, 1.82) is 0 Å². The predicted molar refractivity (Wildman–Crippen MR) is 94.4 cm³/mol. The van der Waals surface area contributed by atoms with Crippen molar-refractivity contribution in [2.45, 2.75) is 45.4 Å². The summed E-state index contributed by atoms with van der Waals surface area (Å²) in [4.78, 5) is 14.6. The molecule has 0 N–H and O–H groups in total. The van der Waals surface area contributed by atoms with E-state index in [0.717, 1.165) is 29.8 Å². The summed E-state index contributed by atoms with van der Waals surface area (Å²) < 4.78 is 17.6. The van der Waals surface area contributed by atoms with Gasteiger partial charge in [0.2, 0.25) is 5.91 Å². The zero-order valence-corrected chi connectivity index (χ0v) is 15.1. The Kier molecular flexibility index (Phi) is 4.85. The highest BCUT2D eigenvalue weighted by Gasteiger charge is 2.29. The summed E-state index contributed by atoms with van der Waals surface area (Å²) in [6.07, 6.45) is 1.91. The fourth-order valence-corrected chi connectivity index (χ4v) is 4.45. The lowest BCUT2D eigenvalue weighted by Crippen LogP contribution is -2.44. The third-order valence-corrected chi connectivity index (χ3v) is 5.74. The van der Waals surface area contributed by atoms with E-state index in [1.165, 1.54) is 5.56 Å². The Hall–Kier alpha value is -1.95. The molecule has 0 spiro atoms. The van der Waals surface area contributed by atoms with E-state index in [0.29, 0.717) is 11.5 Å². The van der Waals surface area contributed by atoms with Crippen molar-refractivity contribution in [3.8, 4) is 0 Å². The molecular formula is C18H22N2O3S. The molecule has 128 valence electrons. The molecule has 3 rings (SSSR count). The van der Waals surface area contributed by atoms with Crippen molar-refractivity contribution in [3.63, 3.8) is 0 Å². The Labute approximate surface area is 144 Å². The number of hydrogen-bond donors (Lipinski definition) is 0. The molecule has 0 radical (unpaired) electrons. The van der Waals surface area contributed by atoms with Crippen molar-refractivity contribution in [1.82, 2.24) is 5.16 Å². The third-order valence-electron chi connectivity index (χ3n) is 4.56. The lowest BCUT2D eigenvalue weighted by molar-refractivity contribution is -0.116. The van der Waals surface area contributed by atoms with E-state index < -0.39 is 10.8 Å². The van der Waals surface area contributed by atoms with Crippen LogP contribution in [-0.2, 0) is 27.8 Å². The number of anilines is 1. The van der Waals surface area contributed by atoms with Gasteiger partial charge in [0, 0.05) is 28.1 Å².